The van der Waals surface area contributed by atoms with Crippen molar-refractivity contribution in [2.75, 3.05) is 18.6 Å². The number of ether oxygens (including phenoxy) is 2. The third-order valence-corrected chi connectivity index (χ3v) is 5.40. The van der Waals surface area contributed by atoms with E-state index in [1.807, 2.05) is 0 Å². The van der Waals surface area contributed by atoms with E-state index in [2.05, 4.69) is 27.1 Å². The minimum Gasteiger partial charge on any atom is -0.489 e. The second-order valence-electron chi connectivity index (χ2n) is 9.08. The van der Waals surface area contributed by atoms with Crippen LogP contribution in [0.1, 0.15) is 35.6 Å². The van der Waals surface area contributed by atoms with Crippen LogP contribution in [0.3, 0.4) is 0 Å². The van der Waals surface area contributed by atoms with Gasteiger partial charge in [-0.1, -0.05) is 11.8 Å². The Kier molecular flexibility index (Phi) is 7.47. The number of benzene rings is 1. The molecule has 1 aliphatic heterocycles. The number of alkyl halides is 3. The molecule has 1 aromatic carbocycles. The summed E-state index contributed by atoms with van der Waals surface area (Å²) in [5.74, 6) is 4.99. The van der Waals surface area contributed by atoms with Crippen LogP contribution in [-0.4, -0.2) is 52.2 Å². The summed E-state index contributed by atoms with van der Waals surface area (Å²) >= 11 is 0. The number of aliphatic hydroxyl groups is 1. The minimum atomic E-state index is -4.58. The van der Waals surface area contributed by atoms with Crippen LogP contribution < -0.4 is 19.7 Å². The summed E-state index contributed by atoms with van der Waals surface area (Å²) in [6.07, 6.45) is -2.38. The van der Waals surface area contributed by atoms with Crippen molar-refractivity contribution in [1.29, 1.82) is 0 Å². The Bertz CT molecular complexity index is 1460. The number of aromatic nitrogens is 2. The topological polar surface area (TPSA) is 114 Å². The molecule has 0 spiro atoms. The molecule has 3 heterocycles. The Balaban J connectivity index is 1.46. The van der Waals surface area contributed by atoms with E-state index in [1.165, 1.54) is 30.3 Å². The molecule has 4 rings (SSSR count). The number of pyridine rings is 2. The maximum atomic E-state index is 13.1. The first-order valence-electron chi connectivity index (χ1n) is 11.6. The van der Waals surface area contributed by atoms with Gasteiger partial charge in [-0.2, -0.15) is 13.2 Å². The second kappa shape index (κ2) is 10.6. The molecule has 1 aliphatic rings. The lowest BCUT2D eigenvalue weighted by molar-refractivity contribution is -0.141. The van der Waals surface area contributed by atoms with Gasteiger partial charge in [-0.3, -0.25) is 14.6 Å². The Morgan fingerprint density at radius 2 is 1.92 bits per heavy atom. The standard InChI is InChI=1S/C27H23F3N4O5/c1-26(2,37)10-8-16-4-6-22-21(12-16)34(3)25(36)20(15-38-22)33-24(35)19-13-17(9-11-31-19)39-18-5-7-23(32-14-18)27(28,29)30/h4-7,9,11-14,20,37H,15H2,1-3H3,(H,33,35). The third kappa shape index (κ3) is 6.82. The number of amides is 2. The lowest BCUT2D eigenvalue weighted by Gasteiger charge is -2.20. The summed E-state index contributed by atoms with van der Waals surface area (Å²) < 4.78 is 49.4. The molecule has 0 saturated carbocycles. The second-order valence-corrected chi connectivity index (χ2v) is 9.08. The third-order valence-electron chi connectivity index (χ3n) is 5.40. The molecule has 202 valence electrons. The van der Waals surface area contributed by atoms with Gasteiger partial charge in [0.25, 0.3) is 11.8 Å². The van der Waals surface area contributed by atoms with Crippen molar-refractivity contribution in [1.82, 2.24) is 15.3 Å². The summed E-state index contributed by atoms with van der Waals surface area (Å²) in [6.45, 7) is 2.96. The number of carbonyl (C=O) groups excluding carboxylic acids is 2. The highest BCUT2D eigenvalue weighted by Gasteiger charge is 2.33. The smallest absolute Gasteiger partial charge is 0.433 e. The Morgan fingerprint density at radius 1 is 1.15 bits per heavy atom. The highest BCUT2D eigenvalue weighted by molar-refractivity contribution is 6.03. The minimum absolute atomic E-state index is 0.0268. The summed E-state index contributed by atoms with van der Waals surface area (Å²) in [7, 11) is 1.53. The summed E-state index contributed by atoms with van der Waals surface area (Å²) in [4.78, 5) is 34.7. The van der Waals surface area contributed by atoms with E-state index < -0.39 is 35.3 Å². The van der Waals surface area contributed by atoms with Crippen molar-refractivity contribution in [3.05, 3.63) is 71.8 Å². The van der Waals surface area contributed by atoms with Gasteiger partial charge in [-0.05, 0) is 50.2 Å². The fraction of sp³-hybridized carbons (Fsp3) is 0.259. The van der Waals surface area contributed by atoms with Crippen LogP contribution >= 0.6 is 0 Å². The summed E-state index contributed by atoms with van der Waals surface area (Å²) in [6, 6.07) is 8.51. The first-order chi connectivity index (χ1) is 18.3. The molecular weight excluding hydrogens is 517 g/mol. The molecule has 0 aliphatic carbocycles. The van der Waals surface area contributed by atoms with Crippen molar-refractivity contribution in [2.45, 2.75) is 31.7 Å². The molecule has 9 nitrogen and oxygen atoms in total. The lowest BCUT2D eigenvalue weighted by atomic mass is 10.1. The fourth-order valence-corrected chi connectivity index (χ4v) is 3.48. The highest BCUT2D eigenvalue weighted by Crippen LogP contribution is 2.32. The maximum absolute atomic E-state index is 13.1. The van der Waals surface area contributed by atoms with E-state index in [1.54, 1.807) is 32.0 Å². The first kappa shape index (κ1) is 27.4. The van der Waals surface area contributed by atoms with Gasteiger partial charge in [0.1, 0.15) is 46.9 Å². The normalized spacial score (nSPS) is 15.3. The average Bonchev–Trinajstić information content (AvgIpc) is 2.99. The predicted octanol–water partition coefficient (Wildman–Crippen LogP) is 3.56. The van der Waals surface area contributed by atoms with Crippen molar-refractivity contribution in [3.8, 4) is 29.1 Å². The molecule has 3 aromatic rings. The fourth-order valence-electron chi connectivity index (χ4n) is 3.48. The zero-order valence-electron chi connectivity index (χ0n) is 21.0. The number of likely N-dealkylation sites (N-methyl/N-ethyl adjacent to an activating group) is 1. The number of anilines is 1. The van der Waals surface area contributed by atoms with Crippen LogP contribution in [0, 0.1) is 11.8 Å². The Morgan fingerprint density at radius 3 is 2.59 bits per heavy atom. The van der Waals surface area contributed by atoms with Gasteiger partial charge in [-0.25, -0.2) is 4.98 Å². The zero-order chi connectivity index (χ0) is 28.4. The van der Waals surface area contributed by atoms with E-state index in [4.69, 9.17) is 9.47 Å². The molecule has 0 radical (unpaired) electrons. The van der Waals surface area contributed by atoms with Gasteiger partial charge in [0.15, 0.2) is 0 Å². The van der Waals surface area contributed by atoms with Crippen molar-refractivity contribution >= 4 is 17.5 Å². The molecule has 0 fully saturated rings. The number of fused-ring (bicyclic) bond motifs is 1. The quantitative estimate of drug-likeness (QED) is 0.487. The monoisotopic (exact) mass is 540 g/mol. The molecule has 2 aromatic heterocycles. The highest BCUT2D eigenvalue weighted by atomic mass is 19.4. The summed E-state index contributed by atoms with van der Waals surface area (Å²) in [5, 5.41) is 12.4. The van der Waals surface area contributed by atoms with Gasteiger partial charge in [-0.15, -0.1) is 0 Å². The van der Waals surface area contributed by atoms with Crippen LogP contribution in [0.5, 0.6) is 17.2 Å². The Labute approximate surface area is 221 Å². The van der Waals surface area contributed by atoms with Gasteiger partial charge >= 0.3 is 6.18 Å². The number of rotatable bonds is 4. The van der Waals surface area contributed by atoms with Crippen LogP contribution in [0.2, 0.25) is 0 Å². The number of nitrogens with zero attached hydrogens (tertiary/aromatic N) is 3. The van der Waals surface area contributed by atoms with Gasteiger partial charge < -0.3 is 24.8 Å². The molecule has 2 amide bonds. The van der Waals surface area contributed by atoms with Crippen LogP contribution in [0.15, 0.2) is 54.9 Å². The molecule has 0 bridgehead atoms. The molecular formula is C27H23F3N4O5. The van der Waals surface area contributed by atoms with E-state index >= 15 is 0 Å². The first-order valence-corrected chi connectivity index (χ1v) is 11.6. The molecule has 0 saturated heterocycles. The lowest BCUT2D eigenvalue weighted by Crippen LogP contribution is -2.49. The predicted molar refractivity (Wildman–Crippen MR) is 133 cm³/mol. The number of hydrogen-bond acceptors (Lipinski definition) is 7. The summed E-state index contributed by atoms with van der Waals surface area (Å²) in [5.41, 5.74) is -1.34. The molecule has 1 atom stereocenters. The average molecular weight is 540 g/mol. The van der Waals surface area contributed by atoms with Gasteiger partial charge in [0.2, 0.25) is 0 Å². The number of nitrogens with one attached hydrogen (secondary N) is 1. The Hall–Kier alpha value is -4.63. The number of halogens is 3. The largest absolute Gasteiger partial charge is 0.489 e. The van der Waals surface area contributed by atoms with Gasteiger partial charge in [0.05, 0.1) is 11.9 Å². The SMILES string of the molecule is CN1C(=O)C(NC(=O)c2cc(Oc3ccc(C(F)(F)F)nc3)ccn2)COc2ccc(C#CC(C)(C)O)cc21. The van der Waals surface area contributed by atoms with Crippen molar-refractivity contribution in [2.24, 2.45) is 0 Å². The van der Waals surface area contributed by atoms with E-state index in [-0.39, 0.29) is 23.8 Å². The molecule has 39 heavy (non-hydrogen) atoms. The number of hydrogen-bond donors (Lipinski definition) is 2. The van der Waals surface area contributed by atoms with Crippen LogP contribution in [0.4, 0.5) is 18.9 Å². The van der Waals surface area contributed by atoms with Crippen molar-refractivity contribution < 1.29 is 37.3 Å². The van der Waals surface area contributed by atoms with E-state index in [0.717, 1.165) is 18.3 Å². The van der Waals surface area contributed by atoms with E-state index in [9.17, 15) is 27.9 Å². The molecule has 12 heteroatoms. The maximum Gasteiger partial charge on any atom is 0.433 e. The number of carbonyl (C=O) groups is 2. The van der Waals surface area contributed by atoms with Crippen LogP contribution in [-0.2, 0) is 11.0 Å². The van der Waals surface area contributed by atoms with Gasteiger partial charge in [0, 0.05) is 24.9 Å². The van der Waals surface area contributed by atoms with Crippen molar-refractivity contribution in [3.63, 3.8) is 0 Å². The zero-order valence-corrected chi connectivity index (χ0v) is 21.0. The van der Waals surface area contributed by atoms with E-state index in [0.29, 0.717) is 17.0 Å². The molecule has 2 N–H and O–H groups in total. The van der Waals surface area contributed by atoms with Crippen LogP contribution in [0.25, 0.3) is 0 Å². The molecule has 1 unspecified atom stereocenters.